The molecule has 0 spiro atoms. The van der Waals surface area contributed by atoms with E-state index in [0.29, 0.717) is 6.61 Å². The summed E-state index contributed by atoms with van der Waals surface area (Å²) >= 11 is 0. The van der Waals surface area contributed by atoms with Crippen molar-refractivity contribution in [1.82, 2.24) is 14.5 Å². The Kier molecular flexibility index (Phi) is 6.20. The van der Waals surface area contributed by atoms with Gasteiger partial charge in [0.15, 0.2) is 0 Å². The van der Waals surface area contributed by atoms with Gasteiger partial charge in [-0.15, -0.1) is 0 Å². The van der Waals surface area contributed by atoms with E-state index in [1.807, 2.05) is 66.9 Å². The molecule has 0 fully saturated rings. The Morgan fingerprint density at radius 1 is 0.933 bits per heavy atom. The van der Waals surface area contributed by atoms with Gasteiger partial charge in [0.1, 0.15) is 12.4 Å². The number of aliphatic imine (C=N–C) groups is 1. The van der Waals surface area contributed by atoms with Gasteiger partial charge in [0.25, 0.3) is 0 Å². The minimum absolute atomic E-state index is 0.560. The number of benzene rings is 3. The van der Waals surface area contributed by atoms with E-state index >= 15 is 0 Å². The van der Waals surface area contributed by atoms with Crippen LogP contribution in [0.3, 0.4) is 0 Å². The minimum Gasteiger partial charge on any atom is -0.489 e. The third kappa shape index (κ3) is 4.93. The van der Waals surface area contributed by atoms with Gasteiger partial charge >= 0.3 is 0 Å². The molecule has 1 aromatic heterocycles. The Morgan fingerprint density at radius 3 is 2.43 bits per heavy atom. The van der Waals surface area contributed by atoms with Gasteiger partial charge < -0.3 is 14.2 Å². The zero-order valence-electron chi connectivity index (χ0n) is 17.4. The summed E-state index contributed by atoms with van der Waals surface area (Å²) in [4.78, 5) is 11.6. The first kappa shape index (κ1) is 19.9. The van der Waals surface area contributed by atoms with Crippen LogP contribution in [-0.2, 0) is 13.2 Å². The fourth-order valence-corrected chi connectivity index (χ4v) is 3.21. The van der Waals surface area contributed by atoms with Crippen molar-refractivity contribution in [3.05, 3.63) is 90.0 Å². The predicted octanol–water partition coefficient (Wildman–Crippen LogP) is 4.93. The number of hydrogen-bond acceptors (Lipinski definition) is 4. The zero-order chi connectivity index (χ0) is 20.8. The van der Waals surface area contributed by atoms with Gasteiger partial charge in [0.2, 0.25) is 5.95 Å². The highest BCUT2D eigenvalue weighted by Crippen LogP contribution is 2.22. The highest BCUT2D eigenvalue weighted by atomic mass is 16.5. The molecule has 5 heteroatoms. The summed E-state index contributed by atoms with van der Waals surface area (Å²) in [5, 5.41) is 0. The van der Waals surface area contributed by atoms with Crippen LogP contribution in [0.25, 0.3) is 11.0 Å². The topological polar surface area (TPSA) is 42.7 Å². The summed E-state index contributed by atoms with van der Waals surface area (Å²) in [7, 11) is 4.15. The zero-order valence-corrected chi connectivity index (χ0v) is 17.4. The fourth-order valence-electron chi connectivity index (χ4n) is 3.21. The molecular formula is C25H26N4O. The van der Waals surface area contributed by atoms with Gasteiger partial charge in [-0.25, -0.2) is 9.98 Å². The average Bonchev–Trinajstić information content (AvgIpc) is 3.13. The van der Waals surface area contributed by atoms with E-state index in [-0.39, 0.29) is 0 Å². The summed E-state index contributed by atoms with van der Waals surface area (Å²) < 4.78 is 8.03. The monoisotopic (exact) mass is 398 g/mol. The first-order valence-electron chi connectivity index (χ1n) is 10.1. The van der Waals surface area contributed by atoms with Crippen molar-refractivity contribution in [3.8, 4) is 5.75 Å². The first-order chi connectivity index (χ1) is 14.7. The molecule has 1 heterocycles. The lowest BCUT2D eigenvalue weighted by Gasteiger charge is -2.11. The fraction of sp³-hybridized carbons (Fsp3) is 0.200. The molecule has 5 nitrogen and oxygen atoms in total. The molecule has 4 rings (SSSR count). The second kappa shape index (κ2) is 9.37. The third-order valence-corrected chi connectivity index (χ3v) is 4.86. The van der Waals surface area contributed by atoms with E-state index in [9.17, 15) is 0 Å². The molecule has 0 atom stereocenters. The molecule has 0 aliphatic heterocycles. The number of imidazole rings is 1. The number of para-hydroxylation sites is 2. The Labute approximate surface area is 177 Å². The van der Waals surface area contributed by atoms with Crippen molar-refractivity contribution < 1.29 is 4.74 Å². The van der Waals surface area contributed by atoms with E-state index in [1.165, 1.54) is 0 Å². The van der Waals surface area contributed by atoms with E-state index in [0.717, 1.165) is 46.9 Å². The van der Waals surface area contributed by atoms with Gasteiger partial charge in [-0.1, -0.05) is 42.5 Å². The molecule has 4 aromatic rings. The lowest BCUT2D eigenvalue weighted by molar-refractivity contribution is 0.306. The number of rotatable bonds is 8. The lowest BCUT2D eigenvalue weighted by Crippen LogP contribution is -2.18. The van der Waals surface area contributed by atoms with Crippen LogP contribution in [0.15, 0.2) is 83.9 Å². The standard InChI is InChI=1S/C25H26N4O/c1-28(2)16-17-29-24-11-7-6-10-23(24)27-25(29)26-18-20-12-14-22(15-13-20)30-19-21-8-4-3-5-9-21/h3-15,18H,16-17,19H2,1-2H3. The van der Waals surface area contributed by atoms with E-state index < -0.39 is 0 Å². The SMILES string of the molecule is CN(C)CCn1c(N=Cc2ccc(OCc3ccccc3)cc2)nc2ccccc21. The summed E-state index contributed by atoms with van der Waals surface area (Å²) in [5.74, 6) is 1.57. The Balaban J connectivity index is 1.48. The minimum atomic E-state index is 0.560. The van der Waals surface area contributed by atoms with Crippen LogP contribution in [-0.4, -0.2) is 41.3 Å². The molecule has 0 radical (unpaired) electrons. The Morgan fingerprint density at radius 2 is 1.67 bits per heavy atom. The smallest absolute Gasteiger partial charge is 0.230 e. The molecule has 3 aromatic carbocycles. The van der Waals surface area contributed by atoms with Crippen molar-refractivity contribution in [3.63, 3.8) is 0 Å². The molecule has 0 bridgehead atoms. The van der Waals surface area contributed by atoms with E-state index in [1.54, 1.807) is 0 Å². The largest absolute Gasteiger partial charge is 0.489 e. The number of ether oxygens (including phenoxy) is 1. The molecule has 0 aliphatic rings. The van der Waals surface area contributed by atoms with Crippen LogP contribution >= 0.6 is 0 Å². The summed E-state index contributed by atoms with van der Waals surface area (Å²) in [5.41, 5.74) is 4.23. The molecule has 152 valence electrons. The van der Waals surface area contributed by atoms with Crippen molar-refractivity contribution in [1.29, 1.82) is 0 Å². The van der Waals surface area contributed by atoms with Crippen LogP contribution in [0.4, 0.5) is 5.95 Å². The molecule has 0 saturated carbocycles. The molecule has 30 heavy (non-hydrogen) atoms. The first-order valence-corrected chi connectivity index (χ1v) is 10.1. The van der Waals surface area contributed by atoms with Crippen molar-refractivity contribution in [2.24, 2.45) is 4.99 Å². The number of fused-ring (bicyclic) bond motifs is 1. The molecular weight excluding hydrogens is 372 g/mol. The maximum Gasteiger partial charge on any atom is 0.230 e. The number of hydrogen-bond donors (Lipinski definition) is 0. The van der Waals surface area contributed by atoms with Crippen molar-refractivity contribution in [2.75, 3.05) is 20.6 Å². The maximum atomic E-state index is 5.86. The van der Waals surface area contributed by atoms with Gasteiger partial charge in [-0.3, -0.25) is 0 Å². The van der Waals surface area contributed by atoms with Crippen LogP contribution in [0.5, 0.6) is 5.75 Å². The molecule has 0 aliphatic carbocycles. The Bertz CT molecular complexity index is 1120. The predicted molar refractivity (Wildman–Crippen MR) is 123 cm³/mol. The van der Waals surface area contributed by atoms with E-state index in [2.05, 4.69) is 46.8 Å². The third-order valence-electron chi connectivity index (χ3n) is 4.86. The highest BCUT2D eigenvalue weighted by molar-refractivity contribution is 5.83. The highest BCUT2D eigenvalue weighted by Gasteiger charge is 2.09. The number of aromatic nitrogens is 2. The van der Waals surface area contributed by atoms with Gasteiger partial charge in [-0.2, -0.15) is 0 Å². The van der Waals surface area contributed by atoms with Gasteiger partial charge in [-0.05, 0) is 61.6 Å². The van der Waals surface area contributed by atoms with Crippen LogP contribution in [0, 0.1) is 0 Å². The van der Waals surface area contributed by atoms with Gasteiger partial charge in [0, 0.05) is 19.3 Å². The molecule has 0 N–H and O–H groups in total. The second-order valence-corrected chi connectivity index (χ2v) is 7.46. The average molecular weight is 399 g/mol. The van der Waals surface area contributed by atoms with Gasteiger partial charge in [0.05, 0.1) is 11.0 Å². The van der Waals surface area contributed by atoms with E-state index in [4.69, 9.17) is 9.72 Å². The quantitative estimate of drug-likeness (QED) is 0.395. The summed E-state index contributed by atoms with van der Waals surface area (Å²) in [6.45, 7) is 2.33. The van der Waals surface area contributed by atoms with Crippen LogP contribution in [0.2, 0.25) is 0 Å². The number of likely N-dealkylation sites (N-methyl/N-ethyl adjacent to an activating group) is 1. The van der Waals surface area contributed by atoms with Crippen LogP contribution < -0.4 is 4.74 Å². The summed E-state index contributed by atoms with van der Waals surface area (Å²) in [6.07, 6.45) is 1.86. The maximum absolute atomic E-state index is 5.86. The lowest BCUT2D eigenvalue weighted by atomic mass is 10.2. The summed E-state index contributed by atoms with van der Waals surface area (Å²) in [6, 6.07) is 26.3. The van der Waals surface area contributed by atoms with Crippen LogP contribution in [0.1, 0.15) is 11.1 Å². The molecule has 0 saturated heterocycles. The molecule has 0 amide bonds. The normalized spacial score (nSPS) is 11.6. The van der Waals surface area contributed by atoms with Crippen molar-refractivity contribution >= 4 is 23.2 Å². The second-order valence-electron chi connectivity index (χ2n) is 7.46. The Hall–Kier alpha value is -3.44. The molecule has 0 unspecified atom stereocenters. The van der Waals surface area contributed by atoms with Crippen molar-refractivity contribution in [2.45, 2.75) is 13.2 Å². The number of nitrogens with zero attached hydrogens (tertiary/aromatic N) is 4.